The summed E-state index contributed by atoms with van der Waals surface area (Å²) in [6.07, 6.45) is 3.12. The maximum Gasteiger partial charge on any atom is 0.255 e. The second-order valence-corrected chi connectivity index (χ2v) is 5.68. The summed E-state index contributed by atoms with van der Waals surface area (Å²) in [5.41, 5.74) is 6.35. The van der Waals surface area contributed by atoms with Crippen LogP contribution in [-0.2, 0) is 4.79 Å². The Hall–Kier alpha value is -1.95. The van der Waals surface area contributed by atoms with Gasteiger partial charge >= 0.3 is 0 Å². The number of halogens is 1. The zero-order valence-corrected chi connectivity index (χ0v) is 13.2. The lowest BCUT2D eigenvalue weighted by Gasteiger charge is -2.11. The molecule has 0 heterocycles. The van der Waals surface area contributed by atoms with E-state index in [-0.39, 0.29) is 11.8 Å². The standard InChI is InChI=1S/C15H20ClN3O3/c1-22-13-8-12(17)11(16)7-10(13)15(21)18-6-2-3-14(20)19-9-4-5-9/h7-9H,2-6,17H2,1H3,(H,18,21)(H,19,20). The van der Waals surface area contributed by atoms with E-state index in [2.05, 4.69) is 10.6 Å². The van der Waals surface area contributed by atoms with E-state index in [1.165, 1.54) is 19.2 Å². The number of benzene rings is 1. The van der Waals surface area contributed by atoms with Crippen molar-refractivity contribution in [1.82, 2.24) is 10.6 Å². The van der Waals surface area contributed by atoms with Crippen molar-refractivity contribution in [2.75, 3.05) is 19.4 Å². The molecule has 6 nitrogen and oxygen atoms in total. The van der Waals surface area contributed by atoms with Crippen LogP contribution in [-0.4, -0.2) is 31.5 Å². The van der Waals surface area contributed by atoms with Crippen LogP contribution in [0.3, 0.4) is 0 Å². The lowest BCUT2D eigenvalue weighted by Crippen LogP contribution is -2.28. The predicted molar refractivity (Wildman–Crippen MR) is 85.1 cm³/mol. The van der Waals surface area contributed by atoms with Crippen LogP contribution in [0.4, 0.5) is 5.69 Å². The first-order chi connectivity index (χ1) is 10.5. The van der Waals surface area contributed by atoms with Crippen molar-refractivity contribution in [2.24, 2.45) is 0 Å². The molecule has 1 aliphatic carbocycles. The summed E-state index contributed by atoms with van der Waals surface area (Å²) in [5, 5.41) is 5.95. The Morgan fingerprint density at radius 3 is 2.77 bits per heavy atom. The van der Waals surface area contributed by atoms with E-state index < -0.39 is 0 Å². The fraction of sp³-hybridized carbons (Fsp3) is 0.467. The minimum absolute atomic E-state index is 0.0323. The maximum absolute atomic E-state index is 12.1. The van der Waals surface area contributed by atoms with Gasteiger partial charge in [0.15, 0.2) is 0 Å². The van der Waals surface area contributed by atoms with Crippen molar-refractivity contribution in [2.45, 2.75) is 31.7 Å². The monoisotopic (exact) mass is 325 g/mol. The molecule has 0 saturated heterocycles. The maximum atomic E-state index is 12.1. The second kappa shape index (κ2) is 7.35. The van der Waals surface area contributed by atoms with E-state index in [1.54, 1.807) is 0 Å². The SMILES string of the molecule is COc1cc(N)c(Cl)cc1C(=O)NCCCC(=O)NC1CC1. The lowest BCUT2D eigenvalue weighted by atomic mass is 10.1. The number of nitrogen functional groups attached to an aromatic ring is 1. The number of rotatable bonds is 7. The van der Waals surface area contributed by atoms with Crippen molar-refractivity contribution in [1.29, 1.82) is 0 Å². The largest absolute Gasteiger partial charge is 0.496 e. The van der Waals surface area contributed by atoms with Crippen LogP contribution in [0.1, 0.15) is 36.0 Å². The third-order valence-electron chi connectivity index (χ3n) is 3.37. The zero-order valence-electron chi connectivity index (χ0n) is 12.4. The highest BCUT2D eigenvalue weighted by atomic mass is 35.5. The molecule has 0 radical (unpaired) electrons. The number of nitrogens with two attached hydrogens (primary N) is 1. The molecular weight excluding hydrogens is 306 g/mol. The number of ether oxygens (including phenoxy) is 1. The van der Waals surface area contributed by atoms with Gasteiger partial charge in [0.2, 0.25) is 5.91 Å². The summed E-state index contributed by atoms with van der Waals surface area (Å²) >= 11 is 5.93. The summed E-state index contributed by atoms with van der Waals surface area (Å²) < 4.78 is 5.13. The first kappa shape index (κ1) is 16.4. The number of methoxy groups -OCH3 is 1. The third kappa shape index (κ3) is 4.53. The molecule has 1 fully saturated rings. The van der Waals surface area contributed by atoms with E-state index >= 15 is 0 Å². The number of anilines is 1. The number of nitrogens with one attached hydrogen (secondary N) is 2. The van der Waals surface area contributed by atoms with Crippen LogP contribution in [0.5, 0.6) is 5.75 Å². The molecule has 0 atom stereocenters. The van der Waals surface area contributed by atoms with Crippen molar-refractivity contribution in [3.8, 4) is 5.75 Å². The Kier molecular flexibility index (Phi) is 5.49. The van der Waals surface area contributed by atoms with Crippen LogP contribution in [0.25, 0.3) is 0 Å². The molecule has 0 bridgehead atoms. The quantitative estimate of drug-likeness (QED) is 0.525. The van der Waals surface area contributed by atoms with Gasteiger partial charge in [-0.25, -0.2) is 0 Å². The van der Waals surface area contributed by atoms with E-state index in [0.717, 1.165) is 12.8 Å². The average molecular weight is 326 g/mol. The van der Waals surface area contributed by atoms with E-state index in [4.69, 9.17) is 22.1 Å². The Bertz CT molecular complexity index is 573. The molecule has 2 rings (SSSR count). The number of carbonyl (C=O) groups excluding carboxylic acids is 2. The molecule has 120 valence electrons. The summed E-state index contributed by atoms with van der Waals surface area (Å²) in [5.74, 6) is 0.0945. The van der Waals surface area contributed by atoms with Gasteiger partial charge in [-0.05, 0) is 25.3 Å². The molecular formula is C15H20ClN3O3. The molecule has 1 aromatic rings. The lowest BCUT2D eigenvalue weighted by molar-refractivity contribution is -0.121. The zero-order chi connectivity index (χ0) is 16.1. The molecule has 1 saturated carbocycles. The minimum Gasteiger partial charge on any atom is -0.496 e. The van der Waals surface area contributed by atoms with Crippen molar-refractivity contribution >= 4 is 29.1 Å². The summed E-state index contributed by atoms with van der Waals surface area (Å²) in [6.45, 7) is 0.405. The van der Waals surface area contributed by atoms with Crippen molar-refractivity contribution < 1.29 is 14.3 Å². The van der Waals surface area contributed by atoms with Gasteiger partial charge in [0, 0.05) is 25.1 Å². The number of amides is 2. The van der Waals surface area contributed by atoms with Gasteiger partial charge in [-0.15, -0.1) is 0 Å². The molecule has 7 heteroatoms. The molecule has 0 unspecified atom stereocenters. The summed E-state index contributed by atoms with van der Waals surface area (Å²) in [4.78, 5) is 23.6. The highest BCUT2D eigenvalue weighted by Crippen LogP contribution is 2.28. The van der Waals surface area contributed by atoms with Crippen LogP contribution in [0, 0.1) is 0 Å². The Balaban J connectivity index is 1.81. The number of hydrogen-bond donors (Lipinski definition) is 3. The summed E-state index contributed by atoms with van der Waals surface area (Å²) in [7, 11) is 1.46. The molecule has 1 aliphatic rings. The summed E-state index contributed by atoms with van der Waals surface area (Å²) in [6, 6.07) is 3.36. The van der Waals surface area contributed by atoms with Crippen LogP contribution >= 0.6 is 11.6 Å². The van der Waals surface area contributed by atoms with Crippen LogP contribution in [0.15, 0.2) is 12.1 Å². The Morgan fingerprint density at radius 1 is 1.41 bits per heavy atom. The van der Waals surface area contributed by atoms with Gasteiger partial charge in [0.25, 0.3) is 5.91 Å². The van der Waals surface area contributed by atoms with E-state index in [1.807, 2.05) is 0 Å². The first-order valence-corrected chi connectivity index (χ1v) is 7.59. The Morgan fingerprint density at radius 2 is 2.14 bits per heavy atom. The fourth-order valence-corrected chi connectivity index (χ4v) is 2.15. The van der Waals surface area contributed by atoms with Crippen molar-refractivity contribution in [3.05, 3.63) is 22.7 Å². The fourth-order valence-electron chi connectivity index (χ4n) is 1.99. The van der Waals surface area contributed by atoms with Gasteiger partial charge in [0.05, 0.1) is 23.4 Å². The first-order valence-electron chi connectivity index (χ1n) is 7.22. The highest BCUT2D eigenvalue weighted by molar-refractivity contribution is 6.33. The van der Waals surface area contributed by atoms with Gasteiger partial charge < -0.3 is 21.1 Å². The molecule has 22 heavy (non-hydrogen) atoms. The smallest absolute Gasteiger partial charge is 0.255 e. The molecule has 0 aromatic heterocycles. The number of hydrogen-bond acceptors (Lipinski definition) is 4. The molecule has 0 spiro atoms. The third-order valence-corrected chi connectivity index (χ3v) is 3.70. The molecule has 2 amide bonds. The number of carbonyl (C=O) groups is 2. The molecule has 1 aromatic carbocycles. The molecule has 0 aliphatic heterocycles. The topological polar surface area (TPSA) is 93.4 Å². The van der Waals surface area contributed by atoms with Gasteiger partial charge in [-0.2, -0.15) is 0 Å². The highest BCUT2D eigenvalue weighted by Gasteiger charge is 2.22. The van der Waals surface area contributed by atoms with Gasteiger partial charge in [-0.1, -0.05) is 11.6 Å². The van der Waals surface area contributed by atoms with E-state index in [9.17, 15) is 9.59 Å². The normalized spacial score (nSPS) is 13.5. The minimum atomic E-state index is -0.304. The van der Waals surface area contributed by atoms with Gasteiger partial charge in [0.1, 0.15) is 5.75 Å². The van der Waals surface area contributed by atoms with Gasteiger partial charge in [-0.3, -0.25) is 9.59 Å². The van der Waals surface area contributed by atoms with Crippen LogP contribution < -0.4 is 21.1 Å². The predicted octanol–water partition coefficient (Wildman–Crippen LogP) is 1.72. The second-order valence-electron chi connectivity index (χ2n) is 5.28. The van der Waals surface area contributed by atoms with Crippen molar-refractivity contribution in [3.63, 3.8) is 0 Å². The van der Waals surface area contributed by atoms with Crippen LogP contribution in [0.2, 0.25) is 5.02 Å². The Labute approximate surface area is 134 Å². The molecule has 4 N–H and O–H groups in total. The average Bonchev–Trinajstić information content (AvgIpc) is 3.29. The van der Waals surface area contributed by atoms with E-state index in [0.29, 0.717) is 47.5 Å².